The fourth-order valence-corrected chi connectivity index (χ4v) is 1.77. The minimum absolute atomic E-state index is 0.0461. The summed E-state index contributed by atoms with van der Waals surface area (Å²) >= 11 is 0. The maximum atomic E-state index is 12.3. The first kappa shape index (κ1) is 17.0. The van der Waals surface area contributed by atoms with Gasteiger partial charge >= 0.3 is 6.09 Å². The van der Waals surface area contributed by atoms with Gasteiger partial charge in [0, 0.05) is 5.69 Å². The summed E-state index contributed by atoms with van der Waals surface area (Å²) in [6, 6.07) is 6.85. The van der Waals surface area contributed by atoms with Gasteiger partial charge in [-0.15, -0.1) is 0 Å². The fourth-order valence-electron chi connectivity index (χ4n) is 1.77. The van der Waals surface area contributed by atoms with Crippen molar-refractivity contribution in [2.24, 2.45) is 5.92 Å². The second kappa shape index (κ2) is 7.67. The molecule has 0 bridgehead atoms. The zero-order valence-electron chi connectivity index (χ0n) is 13.3. The van der Waals surface area contributed by atoms with Gasteiger partial charge in [-0.25, -0.2) is 4.79 Å². The van der Waals surface area contributed by atoms with E-state index in [9.17, 15) is 9.59 Å². The van der Waals surface area contributed by atoms with E-state index in [2.05, 4.69) is 10.6 Å². The first-order chi connectivity index (χ1) is 9.79. The van der Waals surface area contributed by atoms with Crippen LogP contribution >= 0.6 is 0 Å². The van der Waals surface area contributed by atoms with Crippen LogP contribution in [0.2, 0.25) is 0 Å². The molecule has 21 heavy (non-hydrogen) atoms. The molecular formula is C16H24N2O3. The number of alkyl carbamates (subject to hydrolysis) is 1. The van der Waals surface area contributed by atoms with E-state index in [1.54, 1.807) is 13.8 Å². The second-order valence-electron chi connectivity index (χ2n) is 5.68. The summed E-state index contributed by atoms with van der Waals surface area (Å²) in [5.41, 5.74) is 1.82. The average Bonchev–Trinajstić information content (AvgIpc) is 2.37. The summed E-state index contributed by atoms with van der Waals surface area (Å²) in [4.78, 5) is 23.9. The van der Waals surface area contributed by atoms with Gasteiger partial charge in [-0.1, -0.05) is 31.5 Å². The Morgan fingerprint density at radius 3 is 2.10 bits per heavy atom. The third-order valence-corrected chi connectivity index (χ3v) is 2.88. The van der Waals surface area contributed by atoms with Gasteiger partial charge in [0.25, 0.3) is 0 Å². The molecule has 0 aliphatic rings. The van der Waals surface area contributed by atoms with E-state index < -0.39 is 12.1 Å². The van der Waals surface area contributed by atoms with E-state index in [1.807, 2.05) is 45.0 Å². The number of hydrogen-bond donors (Lipinski definition) is 2. The highest BCUT2D eigenvalue weighted by atomic mass is 16.6. The van der Waals surface area contributed by atoms with E-state index in [0.717, 1.165) is 5.56 Å². The number of ether oxygens (including phenoxy) is 1. The highest BCUT2D eigenvalue weighted by Gasteiger charge is 2.25. The van der Waals surface area contributed by atoms with Gasteiger partial charge in [-0.05, 0) is 38.8 Å². The zero-order valence-corrected chi connectivity index (χ0v) is 13.3. The third kappa shape index (κ3) is 5.85. The molecule has 1 aromatic carbocycles. The van der Waals surface area contributed by atoms with Crippen LogP contribution in [0.5, 0.6) is 0 Å². The monoisotopic (exact) mass is 292 g/mol. The topological polar surface area (TPSA) is 67.4 Å². The standard InChI is InChI=1S/C16H24N2O3/c1-10(2)14(18-16(20)21-11(3)4)15(19)17-13-8-6-12(5)7-9-13/h6-11,14H,1-5H3,(H,17,19)(H,18,20)/t14-/m0/s1. The molecule has 0 fully saturated rings. The summed E-state index contributed by atoms with van der Waals surface area (Å²) in [6.07, 6.45) is -0.805. The van der Waals surface area contributed by atoms with Gasteiger partial charge in [-0.2, -0.15) is 0 Å². The molecule has 5 heteroatoms. The molecule has 1 atom stereocenters. The van der Waals surface area contributed by atoms with E-state index in [1.165, 1.54) is 0 Å². The number of anilines is 1. The Balaban J connectivity index is 2.69. The predicted molar refractivity (Wildman–Crippen MR) is 83.2 cm³/mol. The van der Waals surface area contributed by atoms with Crippen LogP contribution in [0.1, 0.15) is 33.3 Å². The van der Waals surface area contributed by atoms with Crippen LogP contribution in [-0.2, 0) is 9.53 Å². The second-order valence-corrected chi connectivity index (χ2v) is 5.68. The van der Waals surface area contributed by atoms with Gasteiger partial charge < -0.3 is 15.4 Å². The minimum Gasteiger partial charge on any atom is -0.447 e. The molecule has 5 nitrogen and oxygen atoms in total. The molecule has 0 spiro atoms. The Bertz CT molecular complexity index is 481. The van der Waals surface area contributed by atoms with E-state index in [4.69, 9.17) is 4.74 Å². The van der Waals surface area contributed by atoms with Crippen LogP contribution in [0.3, 0.4) is 0 Å². The van der Waals surface area contributed by atoms with Crippen LogP contribution < -0.4 is 10.6 Å². The number of hydrogen-bond acceptors (Lipinski definition) is 3. The van der Waals surface area contributed by atoms with Crippen LogP contribution in [-0.4, -0.2) is 24.1 Å². The maximum absolute atomic E-state index is 12.3. The Morgan fingerprint density at radius 1 is 1.05 bits per heavy atom. The molecule has 0 radical (unpaired) electrons. The molecule has 0 aromatic heterocycles. The molecule has 0 aliphatic carbocycles. The van der Waals surface area contributed by atoms with Crippen molar-refractivity contribution in [3.63, 3.8) is 0 Å². The van der Waals surface area contributed by atoms with Crippen LogP contribution in [0, 0.1) is 12.8 Å². The number of carbonyl (C=O) groups is 2. The maximum Gasteiger partial charge on any atom is 0.408 e. The summed E-state index contributed by atoms with van der Waals surface area (Å²) in [7, 11) is 0. The number of benzene rings is 1. The number of amides is 2. The lowest BCUT2D eigenvalue weighted by Gasteiger charge is -2.22. The Morgan fingerprint density at radius 2 is 1.62 bits per heavy atom. The molecule has 0 unspecified atom stereocenters. The normalized spacial score (nSPS) is 12.1. The van der Waals surface area contributed by atoms with Crippen molar-refractivity contribution in [1.29, 1.82) is 0 Å². The first-order valence-electron chi connectivity index (χ1n) is 7.14. The quantitative estimate of drug-likeness (QED) is 0.876. The van der Waals surface area contributed by atoms with Crippen molar-refractivity contribution in [3.8, 4) is 0 Å². The number of carbonyl (C=O) groups excluding carboxylic acids is 2. The Kier molecular flexibility index (Phi) is 6.21. The van der Waals surface area contributed by atoms with Crippen LogP contribution in [0.15, 0.2) is 24.3 Å². The molecule has 1 rings (SSSR count). The lowest BCUT2D eigenvalue weighted by Crippen LogP contribution is -2.47. The van der Waals surface area contributed by atoms with Crippen molar-refractivity contribution in [2.45, 2.75) is 46.8 Å². The van der Waals surface area contributed by atoms with Crippen LogP contribution in [0.25, 0.3) is 0 Å². The average molecular weight is 292 g/mol. The molecule has 0 heterocycles. The molecule has 2 amide bonds. The van der Waals surface area contributed by atoms with E-state index >= 15 is 0 Å². The zero-order chi connectivity index (χ0) is 16.0. The molecule has 0 saturated carbocycles. The molecular weight excluding hydrogens is 268 g/mol. The molecule has 0 saturated heterocycles. The fraction of sp³-hybridized carbons (Fsp3) is 0.500. The highest BCUT2D eigenvalue weighted by Crippen LogP contribution is 2.11. The van der Waals surface area contributed by atoms with Crippen molar-refractivity contribution in [1.82, 2.24) is 5.32 Å². The van der Waals surface area contributed by atoms with E-state index in [-0.39, 0.29) is 17.9 Å². The summed E-state index contributed by atoms with van der Waals surface area (Å²) in [5.74, 6) is -0.301. The third-order valence-electron chi connectivity index (χ3n) is 2.88. The predicted octanol–water partition coefficient (Wildman–Crippen LogP) is 3.09. The lowest BCUT2D eigenvalue weighted by molar-refractivity contribution is -0.119. The van der Waals surface area contributed by atoms with Crippen molar-refractivity contribution in [2.75, 3.05) is 5.32 Å². The minimum atomic E-state index is -0.641. The number of nitrogens with one attached hydrogen (secondary N) is 2. The molecule has 116 valence electrons. The van der Waals surface area contributed by atoms with Crippen LogP contribution in [0.4, 0.5) is 10.5 Å². The molecule has 2 N–H and O–H groups in total. The summed E-state index contributed by atoms with van der Waals surface area (Å²) < 4.78 is 5.02. The largest absolute Gasteiger partial charge is 0.447 e. The highest BCUT2D eigenvalue weighted by molar-refractivity contribution is 5.96. The Hall–Kier alpha value is -2.04. The Labute approximate surface area is 126 Å². The van der Waals surface area contributed by atoms with E-state index in [0.29, 0.717) is 5.69 Å². The van der Waals surface area contributed by atoms with Gasteiger partial charge in [0.1, 0.15) is 6.04 Å². The summed E-state index contributed by atoms with van der Waals surface area (Å²) in [5, 5.41) is 5.41. The SMILES string of the molecule is Cc1ccc(NC(=O)[C@@H](NC(=O)OC(C)C)C(C)C)cc1. The smallest absolute Gasteiger partial charge is 0.408 e. The first-order valence-corrected chi connectivity index (χ1v) is 7.14. The molecule has 0 aliphatic heterocycles. The number of aryl methyl sites for hydroxylation is 1. The van der Waals surface area contributed by atoms with Crippen molar-refractivity contribution in [3.05, 3.63) is 29.8 Å². The van der Waals surface area contributed by atoms with Gasteiger partial charge in [0.2, 0.25) is 5.91 Å². The van der Waals surface area contributed by atoms with Crippen molar-refractivity contribution < 1.29 is 14.3 Å². The van der Waals surface area contributed by atoms with Gasteiger partial charge in [0.15, 0.2) is 0 Å². The lowest BCUT2D eigenvalue weighted by atomic mass is 10.0. The van der Waals surface area contributed by atoms with Gasteiger partial charge in [0.05, 0.1) is 6.10 Å². The summed E-state index contributed by atoms with van der Waals surface area (Å²) in [6.45, 7) is 9.24. The number of rotatable bonds is 5. The van der Waals surface area contributed by atoms with Gasteiger partial charge in [-0.3, -0.25) is 4.79 Å². The van der Waals surface area contributed by atoms with Crippen molar-refractivity contribution >= 4 is 17.7 Å². The molecule has 1 aromatic rings.